The van der Waals surface area contributed by atoms with Crippen molar-refractivity contribution in [3.63, 3.8) is 0 Å². The molecule has 0 spiro atoms. The highest BCUT2D eigenvalue weighted by molar-refractivity contribution is 6.30. The van der Waals surface area contributed by atoms with Crippen LogP contribution in [0.4, 0.5) is 0 Å². The molecule has 1 fully saturated rings. The zero-order valence-corrected chi connectivity index (χ0v) is 16.3. The second-order valence-corrected chi connectivity index (χ2v) is 7.13. The Morgan fingerprint density at radius 2 is 1.88 bits per heavy atom. The quantitative estimate of drug-likeness (QED) is 0.735. The summed E-state index contributed by atoms with van der Waals surface area (Å²) in [6, 6.07) is 5.79. The van der Waals surface area contributed by atoms with Crippen LogP contribution in [-0.2, 0) is 16.0 Å². The van der Waals surface area contributed by atoms with Gasteiger partial charge in [0, 0.05) is 25.6 Å². The van der Waals surface area contributed by atoms with E-state index in [-0.39, 0.29) is 17.9 Å². The van der Waals surface area contributed by atoms with Crippen molar-refractivity contribution in [1.29, 1.82) is 0 Å². The summed E-state index contributed by atoms with van der Waals surface area (Å²) in [5.41, 5.74) is 1.02. The number of amides is 2. The highest BCUT2D eigenvalue weighted by Gasteiger charge is 2.25. The first-order valence-electron chi connectivity index (χ1n) is 8.87. The molecule has 1 N–H and O–H groups in total. The van der Waals surface area contributed by atoms with E-state index in [0.717, 1.165) is 18.4 Å². The lowest BCUT2D eigenvalue weighted by Gasteiger charge is -2.33. The number of alkyl halides is 1. The topological polar surface area (TPSA) is 67.9 Å². The molecule has 1 aromatic rings. The van der Waals surface area contributed by atoms with Crippen LogP contribution < -0.4 is 14.8 Å². The second kappa shape index (κ2) is 9.67. The molecule has 1 aliphatic rings. The van der Waals surface area contributed by atoms with E-state index in [1.54, 1.807) is 26.0 Å². The van der Waals surface area contributed by atoms with Crippen LogP contribution in [0.1, 0.15) is 31.7 Å². The van der Waals surface area contributed by atoms with Crippen LogP contribution in [0.3, 0.4) is 0 Å². The summed E-state index contributed by atoms with van der Waals surface area (Å²) >= 11 is 5.84. The molecule has 1 atom stereocenters. The molecule has 0 aliphatic carbocycles. The average Bonchev–Trinajstić information content (AvgIpc) is 2.66. The summed E-state index contributed by atoms with van der Waals surface area (Å²) < 4.78 is 10.5. The summed E-state index contributed by atoms with van der Waals surface area (Å²) in [5, 5.41) is 2.57. The van der Waals surface area contributed by atoms with Gasteiger partial charge in [0.2, 0.25) is 11.8 Å². The minimum Gasteiger partial charge on any atom is -0.493 e. The van der Waals surface area contributed by atoms with Gasteiger partial charge in [-0.1, -0.05) is 6.07 Å². The number of nitrogens with one attached hydrogen (secondary N) is 1. The van der Waals surface area contributed by atoms with Gasteiger partial charge in [-0.05, 0) is 43.9 Å². The molecule has 0 bridgehead atoms. The Bertz CT molecular complexity index is 628. The monoisotopic (exact) mass is 382 g/mol. The molecule has 0 radical (unpaired) electrons. The van der Waals surface area contributed by atoms with Gasteiger partial charge < -0.3 is 19.7 Å². The van der Waals surface area contributed by atoms with Crippen molar-refractivity contribution < 1.29 is 19.1 Å². The Hall–Kier alpha value is -1.95. The first-order chi connectivity index (χ1) is 12.4. The van der Waals surface area contributed by atoms with Gasteiger partial charge in [-0.3, -0.25) is 9.59 Å². The number of carbonyl (C=O) groups excluding carboxylic acids is 2. The third-order valence-corrected chi connectivity index (χ3v) is 4.79. The van der Waals surface area contributed by atoms with Gasteiger partial charge in [-0.2, -0.15) is 0 Å². The Morgan fingerprint density at radius 3 is 2.46 bits per heavy atom. The number of hydrogen-bond donors (Lipinski definition) is 1. The summed E-state index contributed by atoms with van der Waals surface area (Å²) in [6.45, 7) is 2.96. The number of likely N-dealkylation sites (tertiary alicyclic amines) is 1. The van der Waals surface area contributed by atoms with E-state index in [9.17, 15) is 9.59 Å². The number of piperidine rings is 1. The maximum atomic E-state index is 12.2. The van der Waals surface area contributed by atoms with Gasteiger partial charge in [0.1, 0.15) is 5.38 Å². The van der Waals surface area contributed by atoms with Gasteiger partial charge in [-0.25, -0.2) is 0 Å². The Balaban J connectivity index is 1.77. The van der Waals surface area contributed by atoms with E-state index in [1.165, 1.54) is 0 Å². The molecule has 2 rings (SSSR count). The number of benzene rings is 1. The molecule has 1 heterocycles. The molecule has 6 nitrogen and oxygen atoms in total. The molecule has 7 heteroatoms. The normalized spacial score (nSPS) is 16.1. The largest absolute Gasteiger partial charge is 0.493 e. The number of nitrogens with zero attached hydrogens (tertiary/aromatic N) is 1. The number of methoxy groups -OCH3 is 2. The van der Waals surface area contributed by atoms with Crippen molar-refractivity contribution in [2.24, 2.45) is 0 Å². The zero-order chi connectivity index (χ0) is 19.1. The molecular weight excluding hydrogens is 356 g/mol. The molecule has 2 amide bonds. The van der Waals surface area contributed by atoms with Crippen LogP contribution in [0, 0.1) is 0 Å². The smallest absolute Gasteiger partial charge is 0.240 e. The van der Waals surface area contributed by atoms with Crippen LogP contribution in [0.5, 0.6) is 11.5 Å². The van der Waals surface area contributed by atoms with Crippen LogP contribution >= 0.6 is 11.6 Å². The summed E-state index contributed by atoms with van der Waals surface area (Å²) in [4.78, 5) is 25.9. The lowest BCUT2D eigenvalue weighted by molar-refractivity contribution is -0.131. The predicted molar refractivity (Wildman–Crippen MR) is 101 cm³/mol. The van der Waals surface area contributed by atoms with Gasteiger partial charge >= 0.3 is 0 Å². The number of rotatable bonds is 7. The fourth-order valence-electron chi connectivity index (χ4n) is 3.09. The second-order valence-electron chi connectivity index (χ2n) is 6.47. The Labute approximate surface area is 159 Å². The number of halogens is 1. The maximum Gasteiger partial charge on any atom is 0.240 e. The predicted octanol–water partition coefficient (Wildman–Crippen LogP) is 2.37. The molecule has 1 unspecified atom stereocenters. The zero-order valence-electron chi connectivity index (χ0n) is 15.6. The lowest BCUT2D eigenvalue weighted by Crippen LogP contribution is -2.48. The lowest BCUT2D eigenvalue weighted by atomic mass is 10.0. The molecule has 26 heavy (non-hydrogen) atoms. The minimum absolute atomic E-state index is 0.0234. The third kappa shape index (κ3) is 5.53. The fraction of sp³-hybridized carbons (Fsp3) is 0.579. The first-order valence-corrected chi connectivity index (χ1v) is 9.31. The average molecular weight is 383 g/mol. The number of carbonyl (C=O) groups is 2. The van der Waals surface area contributed by atoms with Gasteiger partial charge in [0.25, 0.3) is 0 Å². The Morgan fingerprint density at radius 1 is 1.23 bits per heavy atom. The standard InChI is InChI=1S/C19H27ClN2O4/c1-13(20)19(24)22-10-8-15(9-11-22)21-18(23)7-5-14-4-6-16(25-2)17(12-14)26-3/h4,6,12-13,15H,5,7-11H2,1-3H3,(H,21,23). The third-order valence-electron chi connectivity index (χ3n) is 4.60. The SMILES string of the molecule is COc1ccc(CCC(=O)NC2CCN(C(=O)C(C)Cl)CC2)cc1OC. The van der Waals surface area contributed by atoms with E-state index in [1.807, 2.05) is 18.2 Å². The van der Waals surface area contributed by atoms with Gasteiger partial charge in [-0.15, -0.1) is 11.6 Å². The number of ether oxygens (including phenoxy) is 2. The van der Waals surface area contributed by atoms with E-state index >= 15 is 0 Å². The fourth-order valence-corrected chi connectivity index (χ4v) is 3.23. The molecule has 1 aliphatic heterocycles. The summed E-state index contributed by atoms with van der Waals surface area (Å²) in [6.07, 6.45) is 2.56. The summed E-state index contributed by atoms with van der Waals surface area (Å²) in [7, 11) is 3.19. The Kier molecular flexibility index (Phi) is 7.57. The molecule has 0 aromatic heterocycles. The maximum absolute atomic E-state index is 12.2. The highest BCUT2D eigenvalue weighted by atomic mass is 35.5. The van der Waals surface area contributed by atoms with E-state index in [0.29, 0.717) is 37.4 Å². The molecule has 1 saturated heterocycles. The van der Waals surface area contributed by atoms with Crippen LogP contribution in [0.2, 0.25) is 0 Å². The van der Waals surface area contributed by atoms with Crippen molar-refractivity contribution in [2.75, 3.05) is 27.3 Å². The number of aryl methyl sites for hydroxylation is 1. The number of hydrogen-bond acceptors (Lipinski definition) is 4. The molecular formula is C19H27ClN2O4. The minimum atomic E-state index is -0.498. The van der Waals surface area contributed by atoms with Crippen LogP contribution in [0.25, 0.3) is 0 Å². The highest BCUT2D eigenvalue weighted by Crippen LogP contribution is 2.28. The van der Waals surface area contributed by atoms with Crippen molar-refractivity contribution in [2.45, 2.75) is 44.0 Å². The molecule has 1 aromatic carbocycles. The van der Waals surface area contributed by atoms with Crippen LogP contribution in [-0.4, -0.2) is 55.4 Å². The molecule has 144 valence electrons. The van der Waals surface area contributed by atoms with E-state index in [4.69, 9.17) is 21.1 Å². The van der Waals surface area contributed by atoms with Gasteiger partial charge in [0.05, 0.1) is 14.2 Å². The first kappa shape index (κ1) is 20.4. The van der Waals surface area contributed by atoms with Crippen LogP contribution in [0.15, 0.2) is 18.2 Å². The van der Waals surface area contributed by atoms with Crippen molar-refractivity contribution >= 4 is 23.4 Å². The van der Waals surface area contributed by atoms with Crippen molar-refractivity contribution in [1.82, 2.24) is 10.2 Å². The van der Waals surface area contributed by atoms with E-state index < -0.39 is 5.38 Å². The van der Waals surface area contributed by atoms with E-state index in [2.05, 4.69) is 5.32 Å². The summed E-state index contributed by atoms with van der Waals surface area (Å²) in [5.74, 6) is 1.32. The van der Waals surface area contributed by atoms with Crippen molar-refractivity contribution in [3.05, 3.63) is 23.8 Å². The van der Waals surface area contributed by atoms with Crippen molar-refractivity contribution in [3.8, 4) is 11.5 Å². The van der Waals surface area contributed by atoms with Gasteiger partial charge in [0.15, 0.2) is 11.5 Å². The molecule has 0 saturated carbocycles.